The highest BCUT2D eigenvalue weighted by atomic mass is 79.9. The molecule has 2 aliphatic carbocycles. The van der Waals surface area contributed by atoms with Crippen molar-refractivity contribution in [3.8, 4) is 0 Å². The van der Waals surface area contributed by atoms with Crippen LogP contribution in [-0.2, 0) is 14.4 Å². The van der Waals surface area contributed by atoms with E-state index in [1.807, 2.05) is 86.6 Å². The number of carbonyl (C=O) groups excluding carboxylic acids is 3. The van der Waals surface area contributed by atoms with Crippen molar-refractivity contribution in [2.45, 2.75) is 26.7 Å². The van der Waals surface area contributed by atoms with Crippen molar-refractivity contribution in [3.05, 3.63) is 101 Å². The standard InChI is InChI=1S/C31H26BrNO3/c1-3-18-31-24(20-12-8-5-9-13-20)23(19-10-6-4-7-11-19)30(2,29(31)36)25-26(31)28(35)33(27(25)34)22-16-14-21(32)15-17-22/h4-17,25-26H,3,18H2,1-2H3/t25-,26-,30-,31+/m0/s1. The summed E-state index contributed by atoms with van der Waals surface area (Å²) in [5.74, 6) is -1.97. The molecular weight excluding hydrogens is 514 g/mol. The number of rotatable bonds is 5. The lowest BCUT2D eigenvalue weighted by Crippen LogP contribution is -2.41. The molecule has 1 saturated heterocycles. The van der Waals surface area contributed by atoms with Crippen molar-refractivity contribution >= 4 is 50.4 Å². The Morgan fingerprint density at radius 3 is 1.83 bits per heavy atom. The lowest BCUT2D eigenvalue weighted by molar-refractivity contribution is -0.134. The van der Waals surface area contributed by atoms with Crippen LogP contribution in [0.3, 0.4) is 0 Å². The molecular formula is C31H26BrNO3. The van der Waals surface area contributed by atoms with Crippen LogP contribution in [0.25, 0.3) is 11.1 Å². The number of allylic oxidation sites excluding steroid dienone is 2. The number of imide groups is 1. The van der Waals surface area contributed by atoms with E-state index in [1.165, 1.54) is 4.90 Å². The number of hydrogen-bond acceptors (Lipinski definition) is 3. The second kappa shape index (κ2) is 8.10. The van der Waals surface area contributed by atoms with Crippen LogP contribution in [0.2, 0.25) is 0 Å². The summed E-state index contributed by atoms with van der Waals surface area (Å²) in [6, 6.07) is 27.1. The Morgan fingerprint density at radius 2 is 1.28 bits per heavy atom. The minimum Gasteiger partial charge on any atom is -0.298 e. The maximum absolute atomic E-state index is 14.6. The number of Topliss-reactive ketones (excluding diaryl/α,β-unsaturated/α-hetero) is 1. The summed E-state index contributed by atoms with van der Waals surface area (Å²) in [6.07, 6.45) is 1.25. The van der Waals surface area contributed by atoms with Crippen LogP contribution in [0.4, 0.5) is 5.69 Å². The second-order valence-electron chi connectivity index (χ2n) is 10.2. The van der Waals surface area contributed by atoms with E-state index in [1.54, 1.807) is 12.1 Å². The topological polar surface area (TPSA) is 54.5 Å². The van der Waals surface area contributed by atoms with Crippen LogP contribution in [0.15, 0.2) is 89.4 Å². The molecule has 1 aliphatic heterocycles. The van der Waals surface area contributed by atoms with Crippen LogP contribution in [0, 0.1) is 22.7 Å². The molecule has 0 unspecified atom stereocenters. The first kappa shape index (κ1) is 23.1. The summed E-state index contributed by atoms with van der Waals surface area (Å²) >= 11 is 3.44. The predicted octanol–water partition coefficient (Wildman–Crippen LogP) is 6.55. The van der Waals surface area contributed by atoms with Gasteiger partial charge in [-0.3, -0.25) is 14.4 Å². The van der Waals surface area contributed by atoms with E-state index in [4.69, 9.17) is 0 Å². The Hall–Kier alpha value is -3.31. The highest BCUT2D eigenvalue weighted by Gasteiger charge is 2.79. The molecule has 180 valence electrons. The van der Waals surface area contributed by atoms with E-state index in [0.717, 1.165) is 33.2 Å². The van der Waals surface area contributed by atoms with Crippen LogP contribution in [0.1, 0.15) is 37.8 Å². The third kappa shape index (κ3) is 2.78. The van der Waals surface area contributed by atoms with Crippen LogP contribution in [0.5, 0.6) is 0 Å². The number of benzene rings is 3. The molecule has 3 aromatic carbocycles. The maximum atomic E-state index is 14.6. The van der Waals surface area contributed by atoms with E-state index in [-0.39, 0.29) is 17.6 Å². The van der Waals surface area contributed by atoms with Crippen molar-refractivity contribution in [1.82, 2.24) is 0 Å². The van der Waals surface area contributed by atoms with Gasteiger partial charge >= 0.3 is 0 Å². The summed E-state index contributed by atoms with van der Waals surface area (Å²) in [7, 11) is 0. The molecule has 1 saturated carbocycles. The third-order valence-corrected chi connectivity index (χ3v) is 8.93. The van der Waals surface area contributed by atoms with E-state index in [9.17, 15) is 14.4 Å². The van der Waals surface area contributed by atoms with Gasteiger partial charge in [-0.2, -0.15) is 0 Å². The average Bonchev–Trinajstić information content (AvgIpc) is 3.36. The molecule has 2 bridgehead atoms. The van der Waals surface area contributed by atoms with Gasteiger partial charge < -0.3 is 0 Å². The smallest absolute Gasteiger partial charge is 0.239 e. The summed E-state index contributed by atoms with van der Waals surface area (Å²) in [6.45, 7) is 3.95. The number of carbonyl (C=O) groups is 3. The Morgan fingerprint density at radius 1 is 0.750 bits per heavy atom. The molecule has 36 heavy (non-hydrogen) atoms. The molecule has 3 aromatic rings. The fourth-order valence-corrected chi connectivity index (χ4v) is 7.47. The van der Waals surface area contributed by atoms with Crippen molar-refractivity contribution in [2.75, 3.05) is 4.90 Å². The number of halogens is 1. The number of fused-ring (bicyclic) bond motifs is 5. The fraction of sp³-hybridized carbons (Fsp3) is 0.258. The predicted molar refractivity (Wildman–Crippen MR) is 144 cm³/mol. The number of anilines is 1. The van der Waals surface area contributed by atoms with Crippen molar-refractivity contribution in [2.24, 2.45) is 22.7 Å². The van der Waals surface area contributed by atoms with Crippen molar-refractivity contribution < 1.29 is 14.4 Å². The van der Waals surface area contributed by atoms with Gasteiger partial charge in [0, 0.05) is 4.47 Å². The molecule has 5 heteroatoms. The van der Waals surface area contributed by atoms with Crippen LogP contribution in [-0.4, -0.2) is 17.6 Å². The Kier molecular flexibility index (Phi) is 5.20. The molecule has 4 nitrogen and oxygen atoms in total. The zero-order valence-electron chi connectivity index (χ0n) is 20.2. The monoisotopic (exact) mass is 539 g/mol. The Balaban J connectivity index is 1.65. The van der Waals surface area contributed by atoms with E-state index in [0.29, 0.717) is 12.1 Å². The van der Waals surface area contributed by atoms with Gasteiger partial charge in [0.25, 0.3) is 0 Å². The van der Waals surface area contributed by atoms with Gasteiger partial charge in [0.2, 0.25) is 11.8 Å². The Labute approximate surface area is 219 Å². The molecule has 1 heterocycles. The summed E-state index contributed by atoms with van der Waals surface area (Å²) in [5.41, 5.74) is 2.11. The maximum Gasteiger partial charge on any atom is 0.239 e. The minimum absolute atomic E-state index is 0.0155. The summed E-state index contributed by atoms with van der Waals surface area (Å²) in [5, 5.41) is 0. The normalized spacial score (nSPS) is 28.9. The van der Waals surface area contributed by atoms with E-state index in [2.05, 4.69) is 15.9 Å². The van der Waals surface area contributed by atoms with Crippen molar-refractivity contribution in [3.63, 3.8) is 0 Å². The molecule has 0 radical (unpaired) electrons. The second-order valence-corrected chi connectivity index (χ2v) is 11.1. The third-order valence-electron chi connectivity index (χ3n) is 8.41. The van der Waals surface area contributed by atoms with Gasteiger partial charge in [-0.25, -0.2) is 4.90 Å². The zero-order chi connectivity index (χ0) is 25.2. The molecule has 3 aliphatic rings. The largest absolute Gasteiger partial charge is 0.298 e. The Bertz CT molecular complexity index is 1430. The van der Waals surface area contributed by atoms with Gasteiger partial charge in [0.05, 0.1) is 28.4 Å². The molecule has 2 amide bonds. The molecule has 2 fully saturated rings. The highest BCUT2D eigenvalue weighted by molar-refractivity contribution is 9.10. The molecule has 0 aromatic heterocycles. The quantitative estimate of drug-likeness (QED) is 0.345. The molecule has 0 N–H and O–H groups in total. The zero-order valence-corrected chi connectivity index (χ0v) is 21.8. The first-order valence-corrected chi connectivity index (χ1v) is 13.2. The molecule has 4 atom stereocenters. The minimum atomic E-state index is -1.09. The van der Waals surface area contributed by atoms with Crippen LogP contribution >= 0.6 is 15.9 Å². The average molecular weight is 540 g/mol. The molecule has 0 spiro atoms. The lowest BCUT2D eigenvalue weighted by Gasteiger charge is -2.37. The van der Waals surface area contributed by atoms with E-state index >= 15 is 0 Å². The number of ketones is 1. The van der Waals surface area contributed by atoms with Crippen molar-refractivity contribution in [1.29, 1.82) is 0 Å². The van der Waals surface area contributed by atoms with Gasteiger partial charge in [-0.15, -0.1) is 0 Å². The van der Waals surface area contributed by atoms with Gasteiger partial charge in [-0.05, 0) is 59.9 Å². The van der Waals surface area contributed by atoms with Gasteiger partial charge in [0.15, 0.2) is 5.78 Å². The van der Waals surface area contributed by atoms with Gasteiger partial charge in [0.1, 0.15) is 0 Å². The lowest BCUT2D eigenvalue weighted by atomic mass is 9.61. The highest BCUT2D eigenvalue weighted by Crippen LogP contribution is 2.74. The van der Waals surface area contributed by atoms with Crippen LogP contribution < -0.4 is 4.90 Å². The number of hydrogen-bond donors (Lipinski definition) is 0. The SMILES string of the molecule is CCC[C@@]12C(=O)[C@@](C)(C(c3ccccc3)=C1c1ccccc1)[C@@H]1C(=O)N(c3ccc(Br)cc3)C(=O)[C@H]12. The summed E-state index contributed by atoms with van der Waals surface area (Å²) in [4.78, 5) is 44.2. The fourth-order valence-electron chi connectivity index (χ4n) is 7.20. The first-order chi connectivity index (χ1) is 17.4. The summed E-state index contributed by atoms with van der Waals surface area (Å²) < 4.78 is 0.870. The molecule has 6 rings (SSSR count). The number of amides is 2. The number of nitrogens with zero attached hydrogens (tertiary/aromatic N) is 1. The van der Waals surface area contributed by atoms with Gasteiger partial charge in [-0.1, -0.05) is 89.9 Å². The first-order valence-electron chi connectivity index (χ1n) is 12.4. The van der Waals surface area contributed by atoms with E-state index < -0.39 is 22.7 Å².